The van der Waals surface area contributed by atoms with Gasteiger partial charge in [-0.05, 0) is 42.4 Å². The third kappa shape index (κ3) is 5.81. The lowest BCUT2D eigenvalue weighted by Crippen LogP contribution is -2.50. The first-order chi connectivity index (χ1) is 15.1. The van der Waals surface area contributed by atoms with E-state index in [1.54, 1.807) is 28.0 Å². The van der Waals surface area contributed by atoms with Gasteiger partial charge < -0.3 is 14.5 Å². The predicted octanol–water partition coefficient (Wildman–Crippen LogP) is 2.90. The summed E-state index contributed by atoms with van der Waals surface area (Å²) < 4.78 is 33.2. The van der Waals surface area contributed by atoms with Gasteiger partial charge >= 0.3 is 6.09 Å². The number of piperazine rings is 1. The highest BCUT2D eigenvalue weighted by atomic mass is 32.2. The van der Waals surface area contributed by atoms with Crippen molar-refractivity contribution in [3.63, 3.8) is 0 Å². The molecule has 0 aliphatic carbocycles. The molecule has 0 radical (unpaired) electrons. The number of carbonyl (C=O) groups is 2. The zero-order valence-corrected chi connectivity index (χ0v) is 20.3. The molecule has 1 aromatic carbocycles. The summed E-state index contributed by atoms with van der Waals surface area (Å²) in [5.41, 5.74) is 0.347. The van der Waals surface area contributed by atoms with Gasteiger partial charge in [-0.25, -0.2) is 13.2 Å². The van der Waals surface area contributed by atoms with Crippen LogP contribution < -0.4 is 0 Å². The number of hydrogen-bond donors (Lipinski definition) is 0. The van der Waals surface area contributed by atoms with Crippen LogP contribution in [0.1, 0.15) is 44.5 Å². The van der Waals surface area contributed by atoms with Crippen molar-refractivity contribution in [1.29, 1.82) is 0 Å². The van der Waals surface area contributed by atoms with Gasteiger partial charge in [0.15, 0.2) is 0 Å². The Morgan fingerprint density at radius 3 is 2.22 bits per heavy atom. The summed E-state index contributed by atoms with van der Waals surface area (Å²) in [6, 6.07) is 6.30. The quantitative estimate of drug-likeness (QED) is 0.667. The number of hydrogen-bond acceptors (Lipinski definition) is 5. The van der Waals surface area contributed by atoms with Crippen molar-refractivity contribution in [3.05, 3.63) is 29.8 Å². The van der Waals surface area contributed by atoms with Crippen LogP contribution >= 0.6 is 0 Å². The second-order valence-corrected chi connectivity index (χ2v) is 11.5. The molecule has 2 aliphatic rings. The van der Waals surface area contributed by atoms with Gasteiger partial charge in [-0.15, -0.1) is 0 Å². The van der Waals surface area contributed by atoms with E-state index in [4.69, 9.17) is 4.74 Å². The standard InChI is InChI=1S/C23H35N3O5S/c1-17(2)16-31-23(28)25-10-8-24(9-11-25)22(27)20-6-5-7-21(13-20)32(29,30)26-14-18(3)12-19(4)15-26/h5-7,13,17-19H,8-12,14-16H2,1-4H3. The molecule has 32 heavy (non-hydrogen) atoms. The number of carbonyl (C=O) groups excluding carboxylic acids is 2. The van der Waals surface area contributed by atoms with Gasteiger partial charge in [-0.1, -0.05) is 33.8 Å². The van der Waals surface area contributed by atoms with Gasteiger partial charge in [0.2, 0.25) is 10.0 Å². The Kier molecular flexibility index (Phi) is 7.82. The van der Waals surface area contributed by atoms with Crippen LogP contribution in [0.2, 0.25) is 0 Å². The van der Waals surface area contributed by atoms with Gasteiger partial charge in [-0.2, -0.15) is 4.31 Å². The predicted molar refractivity (Wildman–Crippen MR) is 122 cm³/mol. The zero-order chi connectivity index (χ0) is 23.5. The first-order valence-corrected chi connectivity index (χ1v) is 12.8. The minimum absolute atomic E-state index is 0.153. The molecule has 0 bridgehead atoms. The number of benzene rings is 1. The molecule has 3 rings (SSSR count). The van der Waals surface area contributed by atoms with Crippen LogP contribution in [0.5, 0.6) is 0 Å². The van der Waals surface area contributed by atoms with Gasteiger partial charge in [-0.3, -0.25) is 4.79 Å². The molecule has 2 aliphatic heterocycles. The van der Waals surface area contributed by atoms with Gasteiger partial charge in [0, 0.05) is 44.8 Å². The van der Waals surface area contributed by atoms with Gasteiger partial charge in [0.1, 0.15) is 0 Å². The molecule has 0 N–H and O–H groups in total. The number of piperidine rings is 1. The third-order valence-electron chi connectivity index (χ3n) is 5.92. The fraction of sp³-hybridized carbons (Fsp3) is 0.652. The summed E-state index contributed by atoms with van der Waals surface area (Å²) in [6.07, 6.45) is 0.658. The Bertz CT molecular complexity index is 915. The smallest absolute Gasteiger partial charge is 0.409 e. The maximum absolute atomic E-state index is 13.2. The van der Waals surface area contributed by atoms with E-state index in [9.17, 15) is 18.0 Å². The Morgan fingerprint density at radius 2 is 1.62 bits per heavy atom. The Balaban J connectivity index is 1.65. The highest BCUT2D eigenvalue weighted by Crippen LogP contribution is 2.27. The number of sulfonamides is 1. The SMILES string of the molecule is CC(C)COC(=O)N1CCN(C(=O)c2cccc(S(=O)(=O)N3CC(C)CC(C)C3)c2)CC1. The largest absolute Gasteiger partial charge is 0.449 e. The summed E-state index contributed by atoms with van der Waals surface area (Å²) >= 11 is 0. The molecule has 0 spiro atoms. The van der Waals surface area contributed by atoms with E-state index >= 15 is 0 Å². The van der Waals surface area contributed by atoms with Crippen molar-refractivity contribution in [2.75, 3.05) is 45.9 Å². The van der Waals surface area contributed by atoms with Crippen molar-refractivity contribution in [2.45, 2.75) is 39.0 Å². The van der Waals surface area contributed by atoms with E-state index in [-0.39, 0.29) is 22.8 Å². The van der Waals surface area contributed by atoms with Crippen molar-refractivity contribution in [2.24, 2.45) is 17.8 Å². The molecule has 2 heterocycles. The van der Waals surface area contributed by atoms with Crippen LogP contribution in [0.15, 0.2) is 29.2 Å². The summed E-state index contributed by atoms with van der Waals surface area (Å²) in [7, 11) is -3.65. The lowest BCUT2D eigenvalue weighted by molar-refractivity contribution is 0.0535. The molecule has 2 atom stereocenters. The first kappa shape index (κ1) is 24.5. The molecular weight excluding hydrogens is 430 g/mol. The van der Waals surface area contributed by atoms with Crippen LogP contribution in [-0.4, -0.2) is 80.4 Å². The van der Waals surface area contributed by atoms with Crippen LogP contribution in [-0.2, 0) is 14.8 Å². The van der Waals surface area contributed by atoms with E-state index in [1.165, 1.54) is 10.4 Å². The monoisotopic (exact) mass is 465 g/mol. The topological polar surface area (TPSA) is 87.2 Å². The summed E-state index contributed by atoms with van der Waals surface area (Å²) in [4.78, 5) is 28.6. The Labute approximate surface area is 191 Å². The van der Waals surface area contributed by atoms with Gasteiger partial charge in [0.05, 0.1) is 11.5 Å². The fourth-order valence-corrected chi connectivity index (χ4v) is 6.07. The molecule has 2 saturated heterocycles. The summed E-state index contributed by atoms with van der Waals surface area (Å²) in [5.74, 6) is 0.656. The highest BCUT2D eigenvalue weighted by molar-refractivity contribution is 7.89. The Hall–Kier alpha value is -2.13. The van der Waals surface area contributed by atoms with Crippen LogP contribution in [0.4, 0.5) is 4.79 Å². The van der Waals surface area contributed by atoms with Crippen molar-refractivity contribution < 1.29 is 22.7 Å². The Morgan fingerprint density at radius 1 is 1.03 bits per heavy atom. The van der Waals surface area contributed by atoms with Crippen molar-refractivity contribution in [1.82, 2.24) is 14.1 Å². The minimum atomic E-state index is -3.65. The summed E-state index contributed by atoms with van der Waals surface area (Å²) in [5, 5.41) is 0. The fourth-order valence-electron chi connectivity index (χ4n) is 4.34. The number of amides is 2. The van der Waals surface area contributed by atoms with Crippen LogP contribution in [0.3, 0.4) is 0 Å². The highest BCUT2D eigenvalue weighted by Gasteiger charge is 2.32. The maximum Gasteiger partial charge on any atom is 0.409 e. The third-order valence-corrected chi connectivity index (χ3v) is 7.75. The molecule has 0 saturated carbocycles. The molecule has 2 amide bonds. The minimum Gasteiger partial charge on any atom is -0.449 e. The van der Waals surface area contributed by atoms with Crippen molar-refractivity contribution >= 4 is 22.0 Å². The molecule has 2 unspecified atom stereocenters. The lowest BCUT2D eigenvalue weighted by atomic mass is 9.94. The van der Waals surface area contributed by atoms with E-state index in [1.807, 2.05) is 13.8 Å². The molecule has 1 aromatic rings. The second kappa shape index (κ2) is 10.2. The number of nitrogens with zero attached hydrogens (tertiary/aromatic N) is 3. The zero-order valence-electron chi connectivity index (χ0n) is 19.5. The van der Waals surface area contributed by atoms with E-state index < -0.39 is 10.0 Å². The van der Waals surface area contributed by atoms with Gasteiger partial charge in [0.25, 0.3) is 5.91 Å². The number of rotatable bonds is 5. The molecule has 9 heteroatoms. The van der Waals surface area contributed by atoms with E-state index in [2.05, 4.69) is 13.8 Å². The van der Waals surface area contributed by atoms with Crippen molar-refractivity contribution in [3.8, 4) is 0 Å². The molecule has 8 nitrogen and oxygen atoms in total. The first-order valence-electron chi connectivity index (χ1n) is 11.4. The normalized spacial score (nSPS) is 22.8. The molecule has 0 aromatic heterocycles. The van der Waals surface area contributed by atoms with Crippen LogP contribution in [0.25, 0.3) is 0 Å². The summed E-state index contributed by atoms with van der Waals surface area (Å²) in [6.45, 7) is 11.0. The lowest BCUT2D eigenvalue weighted by Gasteiger charge is -2.35. The maximum atomic E-state index is 13.2. The molecule has 2 fully saturated rings. The molecule has 178 valence electrons. The molecular formula is C23H35N3O5S. The van der Waals surface area contributed by atoms with Crippen LogP contribution in [0, 0.1) is 17.8 Å². The average Bonchev–Trinajstić information content (AvgIpc) is 2.76. The second-order valence-electron chi connectivity index (χ2n) is 9.55. The average molecular weight is 466 g/mol. The van der Waals surface area contributed by atoms with E-state index in [0.29, 0.717) is 63.3 Å². The number of ether oxygens (including phenoxy) is 1. The van der Waals surface area contributed by atoms with E-state index in [0.717, 1.165) is 6.42 Å².